The van der Waals surface area contributed by atoms with E-state index in [2.05, 4.69) is 0 Å². The summed E-state index contributed by atoms with van der Waals surface area (Å²) in [5.74, 6) is 0.722. The van der Waals surface area contributed by atoms with Gasteiger partial charge in [0.05, 0.1) is 20.3 Å². The third-order valence-electron chi connectivity index (χ3n) is 2.30. The highest BCUT2D eigenvalue weighted by Crippen LogP contribution is 2.24. The van der Waals surface area contributed by atoms with Gasteiger partial charge in [0.1, 0.15) is 5.75 Å². The summed E-state index contributed by atoms with van der Waals surface area (Å²) in [6.07, 6.45) is 0. The first kappa shape index (κ1) is 11.8. The molecule has 84 valence electrons. The Balaban J connectivity index is 2.96. The van der Waals surface area contributed by atoms with Gasteiger partial charge in [0.25, 0.3) is 0 Å². The molecule has 0 amide bonds. The Labute approximate surface area is 89.7 Å². The molecule has 0 saturated carbocycles. The number of rotatable bonds is 5. The van der Waals surface area contributed by atoms with Gasteiger partial charge in [-0.2, -0.15) is 0 Å². The largest absolute Gasteiger partial charge is 0.497 e. The van der Waals surface area contributed by atoms with Crippen molar-refractivity contribution in [2.45, 2.75) is 6.61 Å². The molecule has 0 fully saturated rings. The number of anilines is 1. The van der Waals surface area contributed by atoms with Crippen molar-refractivity contribution in [2.75, 3.05) is 32.2 Å². The zero-order valence-electron chi connectivity index (χ0n) is 9.10. The maximum Gasteiger partial charge on any atom is 0.119 e. The highest BCUT2D eigenvalue weighted by atomic mass is 16.5. The van der Waals surface area contributed by atoms with E-state index in [1.165, 1.54) is 0 Å². The van der Waals surface area contributed by atoms with E-state index in [0.29, 0.717) is 6.54 Å². The van der Waals surface area contributed by atoms with Crippen LogP contribution in [0.4, 0.5) is 5.69 Å². The summed E-state index contributed by atoms with van der Waals surface area (Å²) in [7, 11) is 3.46. The summed E-state index contributed by atoms with van der Waals surface area (Å²) in [6.45, 7) is 0.592. The van der Waals surface area contributed by atoms with Crippen LogP contribution in [-0.4, -0.2) is 37.5 Å². The second kappa shape index (κ2) is 5.58. The maximum atomic E-state index is 9.21. The van der Waals surface area contributed by atoms with Gasteiger partial charge in [0, 0.05) is 24.8 Å². The van der Waals surface area contributed by atoms with Crippen LogP contribution in [0.15, 0.2) is 18.2 Å². The average molecular weight is 211 g/mol. The monoisotopic (exact) mass is 211 g/mol. The molecule has 0 aliphatic rings. The molecule has 0 saturated heterocycles. The van der Waals surface area contributed by atoms with E-state index in [-0.39, 0.29) is 13.2 Å². The standard InChI is InChI=1S/C11H17NO3/c1-12(5-6-13)11-4-3-10(15-2)7-9(11)8-14/h3-4,7,13-14H,5-6,8H2,1-2H3. The zero-order chi connectivity index (χ0) is 11.3. The van der Waals surface area contributed by atoms with Crippen LogP contribution in [0.1, 0.15) is 5.56 Å². The third kappa shape index (κ3) is 2.84. The lowest BCUT2D eigenvalue weighted by atomic mass is 10.1. The van der Waals surface area contributed by atoms with Gasteiger partial charge in [-0.15, -0.1) is 0 Å². The smallest absolute Gasteiger partial charge is 0.119 e. The van der Waals surface area contributed by atoms with E-state index >= 15 is 0 Å². The van der Waals surface area contributed by atoms with Gasteiger partial charge in [-0.25, -0.2) is 0 Å². The molecule has 15 heavy (non-hydrogen) atoms. The molecular weight excluding hydrogens is 194 g/mol. The number of aliphatic hydroxyl groups is 2. The number of aliphatic hydroxyl groups excluding tert-OH is 2. The normalized spacial score (nSPS) is 10.1. The minimum absolute atomic E-state index is 0.0394. The van der Waals surface area contributed by atoms with Crippen molar-refractivity contribution in [2.24, 2.45) is 0 Å². The number of nitrogens with zero attached hydrogens (tertiary/aromatic N) is 1. The van der Waals surface area contributed by atoms with Crippen molar-refractivity contribution in [3.63, 3.8) is 0 Å². The summed E-state index contributed by atoms with van der Waals surface area (Å²) in [4.78, 5) is 1.89. The molecule has 2 N–H and O–H groups in total. The van der Waals surface area contributed by atoms with Crippen LogP contribution in [0.3, 0.4) is 0 Å². The maximum absolute atomic E-state index is 9.21. The first-order valence-corrected chi connectivity index (χ1v) is 4.82. The topological polar surface area (TPSA) is 52.9 Å². The third-order valence-corrected chi connectivity index (χ3v) is 2.30. The number of hydrogen-bond acceptors (Lipinski definition) is 4. The fraction of sp³-hybridized carbons (Fsp3) is 0.455. The molecule has 0 aliphatic carbocycles. The van der Waals surface area contributed by atoms with Crippen molar-refractivity contribution < 1.29 is 14.9 Å². The van der Waals surface area contributed by atoms with Crippen LogP contribution in [0.2, 0.25) is 0 Å². The summed E-state index contributed by atoms with van der Waals surface area (Å²) in [5.41, 5.74) is 1.71. The highest BCUT2D eigenvalue weighted by molar-refractivity contribution is 5.55. The van der Waals surface area contributed by atoms with E-state index in [1.54, 1.807) is 13.2 Å². The van der Waals surface area contributed by atoms with Crippen molar-refractivity contribution in [1.29, 1.82) is 0 Å². The van der Waals surface area contributed by atoms with Crippen LogP contribution >= 0.6 is 0 Å². The van der Waals surface area contributed by atoms with Crippen molar-refractivity contribution >= 4 is 5.69 Å². The molecule has 1 rings (SSSR count). The van der Waals surface area contributed by atoms with Crippen molar-refractivity contribution in [3.8, 4) is 5.75 Å². The van der Waals surface area contributed by atoms with E-state index < -0.39 is 0 Å². The molecule has 0 aliphatic heterocycles. The molecular formula is C11H17NO3. The molecule has 4 heteroatoms. The summed E-state index contributed by atoms with van der Waals surface area (Å²) in [5, 5.41) is 18.0. The van der Waals surface area contributed by atoms with E-state index in [0.717, 1.165) is 17.0 Å². The molecule has 0 radical (unpaired) electrons. The van der Waals surface area contributed by atoms with Crippen LogP contribution in [0.5, 0.6) is 5.75 Å². The van der Waals surface area contributed by atoms with Gasteiger partial charge in [0.15, 0.2) is 0 Å². The van der Waals surface area contributed by atoms with Gasteiger partial charge in [-0.05, 0) is 18.2 Å². The SMILES string of the molecule is COc1ccc(N(C)CCO)c(CO)c1. The molecule has 0 atom stereocenters. The molecule has 0 aromatic heterocycles. The summed E-state index contributed by atoms with van der Waals surface area (Å²) >= 11 is 0. The van der Waals surface area contributed by atoms with Crippen LogP contribution < -0.4 is 9.64 Å². The Morgan fingerprint density at radius 1 is 1.33 bits per heavy atom. The van der Waals surface area contributed by atoms with Gasteiger partial charge >= 0.3 is 0 Å². The van der Waals surface area contributed by atoms with E-state index in [4.69, 9.17) is 9.84 Å². The van der Waals surface area contributed by atoms with E-state index in [1.807, 2.05) is 24.1 Å². The quantitative estimate of drug-likeness (QED) is 0.749. The Hall–Kier alpha value is -1.26. The number of methoxy groups -OCH3 is 1. The second-order valence-corrected chi connectivity index (χ2v) is 3.30. The lowest BCUT2D eigenvalue weighted by Gasteiger charge is -2.21. The Morgan fingerprint density at radius 2 is 2.07 bits per heavy atom. The van der Waals surface area contributed by atoms with Crippen molar-refractivity contribution in [1.82, 2.24) is 0 Å². The lowest BCUT2D eigenvalue weighted by Crippen LogP contribution is -2.22. The molecule has 1 aromatic carbocycles. The Kier molecular flexibility index (Phi) is 4.39. The Bertz CT molecular complexity index is 315. The van der Waals surface area contributed by atoms with Crippen LogP contribution in [0.25, 0.3) is 0 Å². The molecule has 0 spiro atoms. The number of benzene rings is 1. The predicted molar refractivity (Wildman–Crippen MR) is 59.3 cm³/mol. The van der Waals surface area contributed by atoms with Gasteiger partial charge in [-0.3, -0.25) is 0 Å². The zero-order valence-corrected chi connectivity index (χ0v) is 9.10. The fourth-order valence-corrected chi connectivity index (χ4v) is 1.46. The average Bonchev–Trinajstić information content (AvgIpc) is 2.28. The van der Waals surface area contributed by atoms with Gasteiger partial charge in [0.2, 0.25) is 0 Å². The minimum atomic E-state index is -0.0394. The molecule has 4 nitrogen and oxygen atoms in total. The van der Waals surface area contributed by atoms with Gasteiger partial charge in [-0.1, -0.05) is 0 Å². The summed E-state index contributed by atoms with van der Waals surface area (Å²) in [6, 6.07) is 5.51. The summed E-state index contributed by atoms with van der Waals surface area (Å²) < 4.78 is 5.07. The van der Waals surface area contributed by atoms with Crippen LogP contribution in [0, 0.1) is 0 Å². The number of hydrogen-bond donors (Lipinski definition) is 2. The molecule has 0 bridgehead atoms. The Morgan fingerprint density at radius 3 is 2.60 bits per heavy atom. The van der Waals surface area contributed by atoms with Gasteiger partial charge < -0.3 is 19.8 Å². The fourth-order valence-electron chi connectivity index (χ4n) is 1.46. The predicted octanol–water partition coefficient (Wildman–Crippen LogP) is 0.616. The first-order chi connectivity index (χ1) is 7.22. The lowest BCUT2D eigenvalue weighted by molar-refractivity contribution is 0.280. The second-order valence-electron chi connectivity index (χ2n) is 3.30. The number of likely N-dealkylation sites (N-methyl/N-ethyl adjacent to an activating group) is 1. The number of ether oxygens (including phenoxy) is 1. The van der Waals surface area contributed by atoms with Crippen molar-refractivity contribution in [3.05, 3.63) is 23.8 Å². The molecule has 0 unspecified atom stereocenters. The first-order valence-electron chi connectivity index (χ1n) is 4.82. The van der Waals surface area contributed by atoms with Crippen LogP contribution in [-0.2, 0) is 6.61 Å². The highest BCUT2D eigenvalue weighted by Gasteiger charge is 2.07. The molecule has 1 aromatic rings. The minimum Gasteiger partial charge on any atom is -0.497 e. The molecule has 0 heterocycles. The van der Waals surface area contributed by atoms with E-state index in [9.17, 15) is 5.11 Å².